The first-order chi connectivity index (χ1) is 10.6. The molecular weight excluding hydrogens is 282 g/mol. The number of nitrogens with zero attached hydrogens (tertiary/aromatic N) is 4. The SMILES string of the molecule is CNC(=O)CN1CCN(C(=O)C2(Cn3ccnc3)CC2)CC1. The van der Waals surface area contributed by atoms with Gasteiger partial charge in [-0.2, -0.15) is 0 Å². The van der Waals surface area contributed by atoms with Crippen LogP contribution in [0.25, 0.3) is 0 Å². The first-order valence-corrected chi connectivity index (χ1v) is 7.81. The molecule has 1 saturated heterocycles. The topological polar surface area (TPSA) is 70.5 Å². The molecule has 7 nitrogen and oxygen atoms in total. The fourth-order valence-electron chi connectivity index (χ4n) is 3.05. The highest BCUT2D eigenvalue weighted by atomic mass is 16.2. The van der Waals surface area contributed by atoms with Gasteiger partial charge in [0.15, 0.2) is 0 Å². The summed E-state index contributed by atoms with van der Waals surface area (Å²) in [6.07, 6.45) is 7.35. The number of amides is 2. The van der Waals surface area contributed by atoms with Crippen LogP contribution in [0.1, 0.15) is 12.8 Å². The Morgan fingerprint density at radius 1 is 1.23 bits per heavy atom. The number of hydrogen-bond acceptors (Lipinski definition) is 4. The number of imidazole rings is 1. The van der Waals surface area contributed by atoms with E-state index in [9.17, 15) is 9.59 Å². The Morgan fingerprint density at radius 3 is 2.50 bits per heavy atom. The highest BCUT2D eigenvalue weighted by Gasteiger charge is 2.52. The fourth-order valence-corrected chi connectivity index (χ4v) is 3.05. The van der Waals surface area contributed by atoms with Crippen LogP contribution in [0, 0.1) is 5.41 Å². The van der Waals surface area contributed by atoms with Crippen molar-refractivity contribution in [2.24, 2.45) is 5.41 Å². The highest BCUT2D eigenvalue weighted by Crippen LogP contribution is 2.48. The number of hydrogen-bond donors (Lipinski definition) is 1. The second-order valence-electron chi connectivity index (χ2n) is 6.26. The molecule has 0 unspecified atom stereocenters. The van der Waals surface area contributed by atoms with Crippen molar-refractivity contribution in [2.75, 3.05) is 39.8 Å². The van der Waals surface area contributed by atoms with E-state index in [0.29, 0.717) is 19.6 Å². The van der Waals surface area contributed by atoms with Crippen molar-refractivity contribution in [3.8, 4) is 0 Å². The van der Waals surface area contributed by atoms with E-state index in [1.54, 1.807) is 19.6 Å². The van der Waals surface area contributed by atoms with Crippen LogP contribution in [-0.4, -0.2) is 70.9 Å². The predicted octanol–water partition coefficient (Wildman–Crippen LogP) is -0.446. The molecule has 7 heteroatoms. The molecule has 0 atom stereocenters. The molecule has 3 rings (SSSR count). The Kier molecular flexibility index (Phi) is 4.15. The number of carbonyl (C=O) groups excluding carboxylic acids is 2. The summed E-state index contributed by atoms with van der Waals surface area (Å²) in [5.41, 5.74) is -0.219. The summed E-state index contributed by atoms with van der Waals surface area (Å²) < 4.78 is 1.99. The van der Waals surface area contributed by atoms with Crippen molar-refractivity contribution in [1.82, 2.24) is 24.7 Å². The highest BCUT2D eigenvalue weighted by molar-refractivity contribution is 5.85. The van der Waals surface area contributed by atoms with Gasteiger partial charge in [-0.05, 0) is 12.8 Å². The molecule has 1 aliphatic carbocycles. The Balaban J connectivity index is 1.53. The molecule has 1 saturated carbocycles. The zero-order valence-electron chi connectivity index (χ0n) is 13.0. The Morgan fingerprint density at radius 2 is 1.95 bits per heavy atom. The molecule has 1 aromatic rings. The maximum atomic E-state index is 12.8. The third-order valence-electron chi connectivity index (χ3n) is 4.66. The van der Waals surface area contributed by atoms with Gasteiger partial charge < -0.3 is 14.8 Å². The van der Waals surface area contributed by atoms with Gasteiger partial charge in [-0.1, -0.05) is 0 Å². The molecule has 2 aliphatic rings. The van der Waals surface area contributed by atoms with E-state index in [0.717, 1.165) is 32.5 Å². The average Bonchev–Trinajstić information content (AvgIpc) is 3.13. The lowest BCUT2D eigenvalue weighted by molar-refractivity contribution is -0.139. The Hall–Kier alpha value is -1.89. The largest absolute Gasteiger partial charge is 0.358 e. The van der Waals surface area contributed by atoms with E-state index < -0.39 is 0 Å². The van der Waals surface area contributed by atoms with Crippen LogP contribution in [0.3, 0.4) is 0 Å². The van der Waals surface area contributed by atoms with E-state index in [4.69, 9.17) is 0 Å². The van der Waals surface area contributed by atoms with Gasteiger partial charge in [-0.15, -0.1) is 0 Å². The number of rotatable bonds is 5. The standard InChI is InChI=1S/C15H23N5O2/c1-16-13(21)10-18-6-8-20(9-7-18)14(22)15(2-3-15)11-19-5-4-17-12-19/h4-5,12H,2-3,6-11H2,1H3,(H,16,21). The molecule has 0 aromatic carbocycles. The van der Waals surface area contributed by atoms with E-state index >= 15 is 0 Å². The van der Waals surface area contributed by atoms with E-state index in [-0.39, 0.29) is 17.2 Å². The molecule has 0 spiro atoms. The molecule has 2 fully saturated rings. The molecule has 1 aromatic heterocycles. The van der Waals surface area contributed by atoms with E-state index in [2.05, 4.69) is 15.2 Å². The summed E-state index contributed by atoms with van der Waals surface area (Å²) in [6, 6.07) is 0. The quantitative estimate of drug-likeness (QED) is 0.800. The second-order valence-corrected chi connectivity index (χ2v) is 6.26. The summed E-state index contributed by atoms with van der Waals surface area (Å²) in [5.74, 6) is 0.291. The summed E-state index contributed by atoms with van der Waals surface area (Å²) >= 11 is 0. The zero-order valence-corrected chi connectivity index (χ0v) is 13.0. The third-order valence-corrected chi connectivity index (χ3v) is 4.66. The minimum absolute atomic E-state index is 0.0264. The van der Waals surface area contributed by atoms with Gasteiger partial charge in [-0.25, -0.2) is 4.98 Å². The van der Waals surface area contributed by atoms with Crippen LogP contribution in [0.2, 0.25) is 0 Å². The van der Waals surface area contributed by atoms with Gasteiger partial charge >= 0.3 is 0 Å². The number of aromatic nitrogens is 2. The van der Waals surface area contributed by atoms with E-state index in [1.165, 1.54) is 0 Å². The van der Waals surface area contributed by atoms with Crippen molar-refractivity contribution in [3.05, 3.63) is 18.7 Å². The maximum absolute atomic E-state index is 12.8. The fraction of sp³-hybridized carbons (Fsp3) is 0.667. The summed E-state index contributed by atoms with van der Waals surface area (Å²) in [5, 5.41) is 2.64. The van der Waals surface area contributed by atoms with Crippen molar-refractivity contribution in [2.45, 2.75) is 19.4 Å². The summed E-state index contributed by atoms with van der Waals surface area (Å²) in [7, 11) is 1.65. The first-order valence-electron chi connectivity index (χ1n) is 7.81. The zero-order chi connectivity index (χ0) is 15.6. The molecule has 2 amide bonds. The van der Waals surface area contributed by atoms with Crippen LogP contribution < -0.4 is 5.32 Å². The Bertz CT molecular complexity index is 530. The monoisotopic (exact) mass is 305 g/mol. The van der Waals surface area contributed by atoms with Crippen molar-refractivity contribution < 1.29 is 9.59 Å². The molecule has 2 heterocycles. The van der Waals surface area contributed by atoms with Gasteiger partial charge in [0, 0.05) is 52.2 Å². The van der Waals surface area contributed by atoms with Gasteiger partial charge in [-0.3, -0.25) is 14.5 Å². The minimum atomic E-state index is -0.219. The molecule has 22 heavy (non-hydrogen) atoms. The number of carbonyl (C=O) groups is 2. The van der Waals surface area contributed by atoms with Gasteiger partial charge in [0.25, 0.3) is 0 Å². The normalized spacial score (nSPS) is 20.7. The predicted molar refractivity (Wildman–Crippen MR) is 81.0 cm³/mol. The minimum Gasteiger partial charge on any atom is -0.358 e. The molecule has 0 radical (unpaired) electrons. The van der Waals surface area contributed by atoms with Crippen LogP contribution in [0.5, 0.6) is 0 Å². The second kappa shape index (κ2) is 6.08. The molecular formula is C15H23N5O2. The molecule has 120 valence electrons. The lowest BCUT2D eigenvalue weighted by Crippen LogP contribution is -2.52. The molecule has 0 bridgehead atoms. The lowest BCUT2D eigenvalue weighted by Gasteiger charge is -2.36. The number of piperazine rings is 1. The third kappa shape index (κ3) is 3.14. The van der Waals surface area contributed by atoms with Crippen LogP contribution >= 0.6 is 0 Å². The van der Waals surface area contributed by atoms with Crippen molar-refractivity contribution >= 4 is 11.8 Å². The summed E-state index contributed by atoms with van der Waals surface area (Å²) in [4.78, 5) is 32.3. The van der Waals surface area contributed by atoms with Gasteiger partial charge in [0.1, 0.15) is 0 Å². The van der Waals surface area contributed by atoms with Crippen LogP contribution in [0.4, 0.5) is 0 Å². The maximum Gasteiger partial charge on any atom is 0.233 e. The first kappa shape index (κ1) is 15.0. The Labute approximate surface area is 130 Å². The number of likely N-dealkylation sites (N-methyl/N-ethyl adjacent to an activating group) is 1. The lowest BCUT2D eigenvalue weighted by atomic mass is 10.0. The van der Waals surface area contributed by atoms with Crippen LogP contribution in [-0.2, 0) is 16.1 Å². The van der Waals surface area contributed by atoms with Gasteiger partial charge in [0.05, 0.1) is 18.3 Å². The van der Waals surface area contributed by atoms with Gasteiger partial charge in [0.2, 0.25) is 11.8 Å². The average molecular weight is 305 g/mol. The van der Waals surface area contributed by atoms with E-state index in [1.807, 2.05) is 15.7 Å². The van der Waals surface area contributed by atoms with Crippen molar-refractivity contribution in [3.63, 3.8) is 0 Å². The van der Waals surface area contributed by atoms with Crippen LogP contribution in [0.15, 0.2) is 18.7 Å². The summed E-state index contributed by atoms with van der Waals surface area (Å²) in [6.45, 7) is 4.09. The van der Waals surface area contributed by atoms with Crippen molar-refractivity contribution in [1.29, 1.82) is 0 Å². The molecule has 1 aliphatic heterocycles. The molecule has 1 N–H and O–H groups in total. The number of nitrogens with one attached hydrogen (secondary N) is 1. The smallest absolute Gasteiger partial charge is 0.233 e.